The van der Waals surface area contributed by atoms with Crippen molar-refractivity contribution < 1.29 is 35.7 Å². The van der Waals surface area contributed by atoms with Gasteiger partial charge in [0.25, 0.3) is 5.91 Å². The van der Waals surface area contributed by atoms with Crippen molar-refractivity contribution in [2.75, 3.05) is 31.0 Å². The van der Waals surface area contributed by atoms with Crippen LogP contribution in [0.15, 0.2) is 36.3 Å². The predicted molar refractivity (Wildman–Crippen MR) is 124 cm³/mol. The molecule has 8 nitrogen and oxygen atoms in total. The second-order valence-corrected chi connectivity index (χ2v) is 10.2. The molecule has 0 aromatic heterocycles. The highest BCUT2D eigenvalue weighted by Crippen LogP contribution is 2.39. The predicted octanol–water partition coefficient (Wildman–Crippen LogP) is 3.18. The van der Waals surface area contributed by atoms with Crippen LogP contribution in [0.3, 0.4) is 0 Å². The van der Waals surface area contributed by atoms with Crippen LogP contribution in [-0.2, 0) is 21.2 Å². The first-order chi connectivity index (χ1) is 18.2. The maximum Gasteiger partial charge on any atom is 0.257 e. The van der Waals surface area contributed by atoms with Gasteiger partial charge in [-0.05, 0) is 49.0 Å². The van der Waals surface area contributed by atoms with Crippen molar-refractivity contribution >= 4 is 27.3 Å². The Labute approximate surface area is 202 Å². The van der Waals surface area contributed by atoms with E-state index in [0.29, 0.717) is 12.8 Å². The van der Waals surface area contributed by atoms with Crippen molar-refractivity contribution in [3.05, 3.63) is 52.9 Å². The molecule has 4 rings (SSSR count). The molecule has 2 aromatic carbocycles. The van der Waals surface area contributed by atoms with Crippen LogP contribution in [0.25, 0.3) is 0 Å². The summed E-state index contributed by atoms with van der Waals surface area (Å²) < 4.78 is 86.5. The molecule has 1 aliphatic heterocycles. The Morgan fingerprint density at radius 3 is 2.67 bits per heavy atom. The van der Waals surface area contributed by atoms with E-state index in [2.05, 4.69) is 5.32 Å². The average Bonchev–Trinajstić information content (AvgIpc) is 3.66. The van der Waals surface area contributed by atoms with Gasteiger partial charge in [-0.25, -0.2) is 8.42 Å². The quantitative estimate of drug-likeness (QED) is 0.594. The van der Waals surface area contributed by atoms with Crippen LogP contribution in [0.1, 0.15) is 55.5 Å². The number of sulfone groups is 1. The Morgan fingerprint density at radius 2 is 2.03 bits per heavy atom. The molecule has 33 heavy (non-hydrogen) atoms. The van der Waals surface area contributed by atoms with Gasteiger partial charge in [0.15, 0.2) is 11.5 Å². The standard InChI is InChI=1S/C24H28N2O6S/c1-4-32-21-12-16(10-11-20(21)31-2)19(14-33(3,29)30)26-13-17-6-5-7-18(22(17)24(26)28)25-23(27)15-8-9-15/h5-7,10-12,15,19H,4,8-9,13-14H2,1-3H3,(H,25,27)/t19-/m1/s1/i5D,6D,7D,10D,11D,12D. The number of ether oxygens (including phenoxy) is 2. The summed E-state index contributed by atoms with van der Waals surface area (Å²) in [4.78, 5) is 27.5. The SMILES string of the molecule is [2H]c1c([2H])c2c(c(NC(=O)C3CC3)c1[2H])C(=O)N([C@H](CS(C)(=O)=O)c1c([2H])c([2H])c(OC)c(OCC)c1[2H])C2. The molecule has 1 atom stereocenters. The summed E-state index contributed by atoms with van der Waals surface area (Å²) in [6, 6.07) is -4.32. The number of benzene rings is 2. The van der Waals surface area contributed by atoms with E-state index in [1.807, 2.05) is 0 Å². The van der Waals surface area contributed by atoms with Crippen LogP contribution in [0.4, 0.5) is 5.69 Å². The number of hydrogen-bond acceptors (Lipinski definition) is 6. The summed E-state index contributed by atoms with van der Waals surface area (Å²) in [5, 5.41) is 2.56. The van der Waals surface area contributed by atoms with E-state index in [9.17, 15) is 18.0 Å². The van der Waals surface area contributed by atoms with Gasteiger partial charge in [0.1, 0.15) is 9.84 Å². The molecule has 1 N–H and O–H groups in total. The van der Waals surface area contributed by atoms with E-state index in [4.69, 9.17) is 17.7 Å². The summed E-state index contributed by atoms with van der Waals surface area (Å²) in [5.41, 5.74) is -0.663. The normalized spacial score (nSPS) is 18.9. The first kappa shape index (κ1) is 16.5. The van der Waals surface area contributed by atoms with Crippen LogP contribution in [-0.4, -0.2) is 50.9 Å². The maximum absolute atomic E-state index is 13.9. The van der Waals surface area contributed by atoms with E-state index in [-0.39, 0.29) is 52.9 Å². The second-order valence-electron chi connectivity index (χ2n) is 7.99. The Bertz CT molecular complexity index is 1500. The van der Waals surface area contributed by atoms with Gasteiger partial charge in [-0.3, -0.25) is 9.59 Å². The summed E-state index contributed by atoms with van der Waals surface area (Å²) in [6.45, 7) is 1.34. The van der Waals surface area contributed by atoms with Crippen LogP contribution >= 0.6 is 0 Å². The van der Waals surface area contributed by atoms with Crippen molar-refractivity contribution in [2.45, 2.75) is 32.4 Å². The van der Waals surface area contributed by atoms with Gasteiger partial charge in [-0.1, -0.05) is 18.1 Å². The summed E-state index contributed by atoms with van der Waals surface area (Å²) in [6.07, 6.45) is 2.22. The van der Waals surface area contributed by atoms with Crippen LogP contribution in [0, 0.1) is 5.92 Å². The largest absolute Gasteiger partial charge is 0.493 e. The van der Waals surface area contributed by atoms with E-state index >= 15 is 0 Å². The Balaban J connectivity index is 1.92. The third-order valence-corrected chi connectivity index (χ3v) is 6.30. The minimum atomic E-state index is -3.85. The summed E-state index contributed by atoms with van der Waals surface area (Å²) in [7, 11) is -2.61. The number of carbonyl (C=O) groups is 2. The molecule has 1 saturated carbocycles. The molecular weight excluding hydrogens is 444 g/mol. The van der Waals surface area contributed by atoms with Crippen molar-refractivity contribution in [3.63, 3.8) is 0 Å². The Kier molecular flexibility index (Phi) is 4.53. The van der Waals surface area contributed by atoms with Gasteiger partial charge in [0.2, 0.25) is 5.91 Å². The van der Waals surface area contributed by atoms with E-state index in [1.165, 1.54) is 7.11 Å². The number of nitrogens with zero attached hydrogens (tertiary/aromatic N) is 1. The molecule has 0 unspecified atom stereocenters. The molecule has 0 saturated heterocycles. The third kappa shape index (κ3) is 4.98. The fraction of sp³-hybridized carbons (Fsp3) is 0.417. The second kappa shape index (κ2) is 9.05. The molecule has 9 heteroatoms. The van der Waals surface area contributed by atoms with E-state index < -0.39 is 69.7 Å². The molecule has 0 spiro atoms. The molecule has 0 radical (unpaired) electrons. The molecular formula is C24H28N2O6S. The summed E-state index contributed by atoms with van der Waals surface area (Å²) in [5.74, 6) is -2.61. The number of anilines is 1. The maximum atomic E-state index is 13.9. The monoisotopic (exact) mass is 478 g/mol. The summed E-state index contributed by atoms with van der Waals surface area (Å²) >= 11 is 0. The van der Waals surface area contributed by atoms with Gasteiger partial charge in [0.05, 0.1) is 45.0 Å². The van der Waals surface area contributed by atoms with E-state index in [1.54, 1.807) is 6.92 Å². The number of rotatable bonds is 9. The van der Waals surface area contributed by atoms with Crippen LogP contribution in [0.5, 0.6) is 11.5 Å². The fourth-order valence-electron chi connectivity index (χ4n) is 3.67. The van der Waals surface area contributed by atoms with Crippen LogP contribution in [0.2, 0.25) is 0 Å². The molecule has 0 bridgehead atoms. The van der Waals surface area contributed by atoms with Crippen molar-refractivity contribution in [1.82, 2.24) is 4.90 Å². The van der Waals surface area contributed by atoms with Gasteiger partial charge in [0, 0.05) is 18.7 Å². The first-order valence-corrected chi connectivity index (χ1v) is 12.5. The lowest BCUT2D eigenvalue weighted by atomic mass is 10.1. The highest BCUT2D eigenvalue weighted by atomic mass is 32.2. The molecule has 2 amide bonds. The Hall–Kier alpha value is -3.07. The molecule has 1 aliphatic carbocycles. The highest BCUT2D eigenvalue weighted by molar-refractivity contribution is 7.90. The number of methoxy groups -OCH3 is 1. The Morgan fingerprint density at radius 1 is 1.27 bits per heavy atom. The van der Waals surface area contributed by atoms with Gasteiger partial charge >= 0.3 is 0 Å². The lowest BCUT2D eigenvalue weighted by Gasteiger charge is -2.28. The van der Waals surface area contributed by atoms with Gasteiger partial charge in [-0.2, -0.15) is 0 Å². The minimum Gasteiger partial charge on any atom is -0.493 e. The zero-order valence-corrected chi connectivity index (χ0v) is 19.3. The zero-order valence-electron chi connectivity index (χ0n) is 24.5. The smallest absolute Gasteiger partial charge is 0.257 e. The highest BCUT2D eigenvalue weighted by Gasteiger charge is 2.38. The number of carbonyl (C=O) groups excluding carboxylic acids is 2. The molecule has 2 aromatic rings. The number of hydrogen-bond donors (Lipinski definition) is 1. The van der Waals surface area contributed by atoms with Crippen molar-refractivity contribution in [1.29, 1.82) is 0 Å². The van der Waals surface area contributed by atoms with Crippen LogP contribution < -0.4 is 14.8 Å². The lowest BCUT2D eigenvalue weighted by molar-refractivity contribution is -0.117. The van der Waals surface area contributed by atoms with Crippen molar-refractivity contribution in [2.24, 2.45) is 5.92 Å². The first-order valence-electron chi connectivity index (χ1n) is 13.5. The lowest BCUT2D eigenvalue weighted by Crippen LogP contribution is -2.34. The van der Waals surface area contributed by atoms with Gasteiger partial charge in [-0.15, -0.1) is 0 Å². The molecule has 1 fully saturated rings. The molecule has 176 valence electrons. The number of amides is 2. The minimum absolute atomic E-state index is 0.0216. The fourth-order valence-corrected chi connectivity index (χ4v) is 4.59. The average molecular weight is 479 g/mol. The number of fused-ring (bicyclic) bond motifs is 1. The molecule has 2 aliphatic rings. The van der Waals surface area contributed by atoms with E-state index in [0.717, 1.165) is 11.2 Å². The zero-order chi connectivity index (χ0) is 29.0. The molecule has 1 heterocycles. The van der Waals surface area contributed by atoms with Crippen molar-refractivity contribution in [3.8, 4) is 11.5 Å². The topological polar surface area (TPSA) is 102 Å². The third-order valence-electron chi connectivity index (χ3n) is 5.38. The van der Waals surface area contributed by atoms with Gasteiger partial charge < -0.3 is 19.7 Å². The number of nitrogens with one attached hydrogen (secondary N) is 1.